The number of allylic oxidation sites excluding steroid dienone is 1. The lowest BCUT2D eigenvalue weighted by atomic mass is 9.98. The molecule has 1 fully saturated rings. The summed E-state index contributed by atoms with van der Waals surface area (Å²) >= 11 is 0. The maximum absolute atomic E-state index is 10.5. The molecule has 1 aliphatic heterocycles. The van der Waals surface area contributed by atoms with Crippen LogP contribution in [0.1, 0.15) is 19.8 Å². The Balaban J connectivity index is 2.47. The summed E-state index contributed by atoms with van der Waals surface area (Å²) in [6.45, 7) is 3.15. The molecule has 0 saturated carbocycles. The minimum atomic E-state index is -0.818. The molecule has 1 saturated heterocycles. The Bertz CT molecular complexity index is 190. The van der Waals surface area contributed by atoms with E-state index in [1.54, 1.807) is 6.92 Å². The number of carboxylic acid groups (broad SMARTS) is 1. The van der Waals surface area contributed by atoms with Gasteiger partial charge in [0, 0.05) is 18.8 Å². The van der Waals surface area contributed by atoms with E-state index in [4.69, 9.17) is 9.84 Å². The van der Waals surface area contributed by atoms with Crippen LogP contribution in [0.2, 0.25) is 0 Å². The SMILES string of the molecule is CC(=CC1CCOCC1)C(=O)O. The zero-order valence-electron chi connectivity index (χ0n) is 7.25. The fraction of sp³-hybridized carbons (Fsp3) is 0.667. The van der Waals surface area contributed by atoms with E-state index in [9.17, 15) is 4.79 Å². The standard InChI is InChI=1S/C9H14O3/c1-7(9(10)11)6-8-2-4-12-5-3-8/h6,8H,2-5H2,1H3,(H,10,11). The van der Waals surface area contributed by atoms with Crippen molar-refractivity contribution in [2.75, 3.05) is 13.2 Å². The molecule has 3 nitrogen and oxygen atoms in total. The molecule has 3 heteroatoms. The number of carbonyl (C=O) groups is 1. The van der Waals surface area contributed by atoms with Crippen molar-refractivity contribution in [3.05, 3.63) is 11.6 Å². The highest BCUT2D eigenvalue weighted by Crippen LogP contribution is 2.17. The smallest absolute Gasteiger partial charge is 0.330 e. The van der Waals surface area contributed by atoms with Crippen LogP contribution in [0.4, 0.5) is 0 Å². The van der Waals surface area contributed by atoms with Gasteiger partial charge in [0.05, 0.1) is 0 Å². The Labute approximate surface area is 72.0 Å². The van der Waals surface area contributed by atoms with E-state index >= 15 is 0 Å². The number of aliphatic carboxylic acids is 1. The number of carboxylic acids is 1. The Kier molecular flexibility index (Phi) is 3.29. The van der Waals surface area contributed by atoms with E-state index in [1.165, 1.54) is 0 Å². The molecular formula is C9H14O3. The van der Waals surface area contributed by atoms with Crippen LogP contribution in [0.3, 0.4) is 0 Å². The molecule has 1 aliphatic rings. The summed E-state index contributed by atoms with van der Waals surface area (Å²) in [7, 11) is 0. The molecule has 0 aliphatic carbocycles. The third-order valence-corrected chi connectivity index (χ3v) is 2.09. The summed E-state index contributed by atoms with van der Waals surface area (Å²) in [5.41, 5.74) is 0.446. The van der Waals surface area contributed by atoms with Crippen LogP contribution >= 0.6 is 0 Å². The minimum absolute atomic E-state index is 0.398. The van der Waals surface area contributed by atoms with Crippen molar-refractivity contribution in [1.82, 2.24) is 0 Å². The number of hydrogen-bond acceptors (Lipinski definition) is 2. The van der Waals surface area contributed by atoms with Crippen LogP contribution in [0.15, 0.2) is 11.6 Å². The van der Waals surface area contributed by atoms with E-state index in [1.807, 2.05) is 6.08 Å². The fourth-order valence-electron chi connectivity index (χ4n) is 1.31. The van der Waals surface area contributed by atoms with Gasteiger partial charge < -0.3 is 9.84 Å². The topological polar surface area (TPSA) is 46.5 Å². The first-order valence-corrected chi connectivity index (χ1v) is 4.19. The summed E-state index contributed by atoms with van der Waals surface area (Å²) in [6.07, 6.45) is 3.74. The third-order valence-electron chi connectivity index (χ3n) is 2.09. The summed E-state index contributed by atoms with van der Waals surface area (Å²) in [6, 6.07) is 0. The van der Waals surface area contributed by atoms with Gasteiger partial charge in [0.25, 0.3) is 0 Å². The van der Waals surface area contributed by atoms with Crippen molar-refractivity contribution in [1.29, 1.82) is 0 Å². The molecule has 0 unspecified atom stereocenters. The van der Waals surface area contributed by atoms with Crippen molar-refractivity contribution in [2.24, 2.45) is 5.92 Å². The first-order chi connectivity index (χ1) is 5.70. The van der Waals surface area contributed by atoms with Gasteiger partial charge >= 0.3 is 5.97 Å². The zero-order valence-corrected chi connectivity index (χ0v) is 7.25. The van der Waals surface area contributed by atoms with Crippen LogP contribution in [0.25, 0.3) is 0 Å². The Morgan fingerprint density at radius 3 is 2.58 bits per heavy atom. The lowest BCUT2D eigenvalue weighted by Crippen LogP contribution is -2.14. The van der Waals surface area contributed by atoms with Crippen molar-refractivity contribution in [3.63, 3.8) is 0 Å². The summed E-state index contributed by atoms with van der Waals surface area (Å²) in [4.78, 5) is 10.5. The van der Waals surface area contributed by atoms with Crippen molar-refractivity contribution in [2.45, 2.75) is 19.8 Å². The molecular weight excluding hydrogens is 156 g/mol. The van der Waals surface area contributed by atoms with Gasteiger partial charge in [0.15, 0.2) is 0 Å². The number of hydrogen-bond donors (Lipinski definition) is 1. The van der Waals surface area contributed by atoms with Crippen molar-refractivity contribution >= 4 is 5.97 Å². The average molecular weight is 170 g/mol. The van der Waals surface area contributed by atoms with Gasteiger partial charge in [-0.3, -0.25) is 0 Å². The Hall–Kier alpha value is -0.830. The zero-order chi connectivity index (χ0) is 8.97. The van der Waals surface area contributed by atoms with Crippen LogP contribution in [0, 0.1) is 5.92 Å². The Morgan fingerprint density at radius 2 is 2.08 bits per heavy atom. The minimum Gasteiger partial charge on any atom is -0.478 e. The molecule has 68 valence electrons. The van der Waals surface area contributed by atoms with Crippen LogP contribution in [0.5, 0.6) is 0 Å². The van der Waals surface area contributed by atoms with Gasteiger partial charge in [-0.15, -0.1) is 0 Å². The van der Waals surface area contributed by atoms with Gasteiger partial charge in [0.1, 0.15) is 0 Å². The largest absolute Gasteiger partial charge is 0.478 e. The van der Waals surface area contributed by atoms with Crippen LogP contribution in [-0.4, -0.2) is 24.3 Å². The van der Waals surface area contributed by atoms with E-state index < -0.39 is 5.97 Å². The summed E-state index contributed by atoms with van der Waals surface area (Å²) in [5, 5.41) is 8.61. The molecule has 0 bridgehead atoms. The summed E-state index contributed by atoms with van der Waals surface area (Å²) in [5.74, 6) is -0.420. The second-order valence-electron chi connectivity index (χ2n) is 3.10. The highest BCUT2D eigenvalue weighted by Gasteiger charge is 2.12. The van der Waals surface area contributed by atoms with E-state index in [-0.39, 0.29) is 0 Å². The van der Waals surface area contributed by atoms with Gasteiger partial charge in [0.2, 0.25) is 0 Å². The van der Waals surface area contributed by atoms with Gasteiger partial charge in [-0.1, -0.05) is 6.08 Å². The molecule has 1 rings (SSSR count). The maximum atomic E-state index is 10.5. The second kappa shape index (κ2) is 4.26. The van der Waals surface area contributed by atoms with Crippen LogP contribution in [-0.2, 0) is 9.53 Å². The average Bonchev–Trinajstić information content (AvgIpc) is 2.06. The quantitative estimate of drug-likeness (QED) is 0.638. The third kappa shape index (κ3) is 2.66. The molecule has 0 atom stereocenters. The first kappa shape index (κ1) is 9.26. The molecule has 0 aromatic heterocycles. The van der Waals surface area contributed by atoms with E-state index in [0.717, 1.165) is 26.1 Å². The monoisotopic (exact) mass is 170 g/mol. The normalized spacial score (nSPS) is 20.9. The lowest BCUT2D eigenvalue weighted by molar-refractivity contribution is -0.132. The highest BCUT2D eigenvalue weighted by atomic mass is 16.5. The van der Waals surface area contributed by atoms with E-state index in [0.29, 0.717) is 11.5 Å². The van der Waals surface area contributed by atoms with Gasteiger partial charge in [-0.05, 0) is 25.7 Å². The number of rotatable bonds is 2. The van der Waals surface area contributed by atoms with Gasteiger partial charge in [-0.25, -0.2) is 4.79 Å². The molecule has 1 heterocycles. The van der Waals surface area contributed by atoms with Gasteiger partial charge in [-0.2, -0.15) is 0 Å². The maximum Gasteiger partial charge on any atom is 0.330 e. The molecule has 0 aromatic rings. The first-order valence-electron chi connectivity index (χ1n) is 4.19. The number of ether oxygens (including phenoxy) is 1. The molecule has 0 amide bonds. The lowest BCUT2D eigenvalue weighted by Gasteiger charge is -2.18. The second-order valence-corrected chi connectivity index (χ2v) is 3.10. The fourth-order valence-corrected chi connectivity index (χ4v) is 1.31. The predicted molar refractivity (Wildman–Crippen MR) is 44.9 cm³/mol. The van der Waals surface area contributed by atoms with Crippen molar-refractivity contribution in [3.8, 4) is 0 Å². The Morgan fingerprint density at radius 1 is 1.50 bits per heavy atom. The van der Waals surface area contributed by atoms with E-state index in [2.05, 4.69) is 0 Å². The summed E-state index contributed by atoms with van der Waals surface area (Å²) < 4.78 is 5.17. The molecule has 12 heavy (non-hydrogen) atoms. The molecule has 0 aromatic carbocycles. The highest BCUT2D eigenvalue weighted by molar-refractivity contribution is 5.85. The molecule has 1 N–H and O–H groups in total. The van der Waals surface area contributed by atoms with Crippen molar-refractivity contribution < 1.29 is 14.6 Å². The molecule has 0 spiro atoms. The van der Waals surface area contributed by atoms with Crippen LogP contribution < -0.4 is 0 Å². The predicted octanol–water partition coefficient (Wildman–Crippen LogP) is 1.44. The molecule has 0 radical (unpaired) electrons.